The Bertz CT molecular complexity index is 1110. The molecule has 2 heterocycles. The standard InChI is InChI=1S/C37H71N4O5P/c1-7-11-15-18-21-24-32(23-20-17-13-9-3)40-29-33(46-36(30-40)41-28-27-35(42)38-37(41)43)31-45-47(44,39(5)6)34(25-14-10-4)26-22-19-16-12-8-2/h27-28,32-34,36H,7-26,29-31H2,1-6H3,(H,38,42,43)/t32?,33-,34?,36+,47?/m0/s1. The van der Waals surface area contributed by atoms with E-state index in [9.17, 15) is 14.2 Å². The van der Waals surface area contributed by atoms with E-state index in [0.717, 1.165) is 51.4 Å². The van der Waals surface area contributed by atoms with Crippen LogP contribution in [0, 0.1) is 0 Å². The molecule has 3 unspecified atom stereocenters. The topological polar surface area (TPSA) is 96.9 Å². The van der Waals surface area contributed by atoms with Gasteiger partial charge >= 0.3 is 5.69 Å². The van der Waals surface area contributed by atoms with Crippen LogP contribution >= 0.6 is 7.52 Å². The average molecular weight is 683 g/mol. The van der Waals surface area contributed by atoms with Crippen LogP contribution in [-0.2, 0) is 13.8 Å². The summed E-state index contributed by atoms with van der Waals surface area (Å²) < 4.78 is 31.2. The van der Waals surface area contributed by atoms with Crippen molar-refractivity contribution in [3.8, 4) is 0 Å². The van der Waals surface area contributed by atoms with Crippen molar-refractivity contribution in [1.29, 1.82) is 0 Å². The summed E-state index contributed by atoms with van der Waals surface area (Å²) in [5.74, 6) is 0. The van der Waals surface area contributed by atoms with Gasteiger partial charge in [0.15, 0.2) is 6.23 Å². The van der Waals surface area contributed by atoms with E-state index in [0.29, 0.717) is 19.1 Å². The smallest absolute Gasteiger partial charge is 0.330 e. The second kappa shape index (κ2) is 24.0. The summed E-state index contributed by atoms with van der Waals surface area (Å²) in [5.41, 5.74) is -0.894. The molecule has 0 amide bonds. The summed E-state index contributed by atoms with van der Waals surface area (Å²) in [6, 6.07) is 1.76. The Balaban J connectivity index is 2.30. The van der Waals surface area contributed by atoms with Crippen LogP contribution in [0.4, 0.5) is 0 Å². The molecular weight excluding hydrogens is 611 g/mol. The SMILES string of the molecule is CCCCCCCC(CCCCCC)N1C[C@@H](COP(=O)(C(CCCC)CCCCCCC)N(C)C)O[C@@H](n2ccc(=O)[nH]c2=O)C1. The van der Waals surface area contributed by atoms with Gasteiger partial charge in [-0.15, -0.1) is 0 Å². The lowest BCUT2D eigenvalue weighted by molar-refractivity contribution is -0.143. The van der Waals surface area contributed by atoms with E-state index in [1.165, 1.54) is 93.9 Å². The zero-order valence-corrected chi connectivity index (χ0v) is 32.0. The quantitative estimate of drug-likeness (QED) is 0.0730. The summed E-state index contributed by atoms with van der Waals surface area (Å²) in [5, 5.41) is 0. The van der Waals surface area contributed by atoms with Gasteiger partial charge in [-0.1, -0.05) is 130 Å². The molecular formula is C37H71N4O5P. The number of morpholine rings is 1. The molecule has 1 aliphatic heterocycles. The highest BCUT2D eigenvalue weighted by Crippen LogP contribution is 2.57. The minimum atomic E-state index is -3.14. The Kier molecular flexibility index (Phi) is 21.4. The molecule has 1 aromatic heterocycles. The molecule has 0 radical (unpaired) electrons. The molecule has 1 aliphatic rings. The number of aromatic nitrogens is 2. The Hall–Kier alpha value is -1.25. The predicted octanol–water partition coefficient (Wildman–Crippen LogP) is 9.13. The lowest BCUT2D eigenvalue weighted by Gasteiger charge is -2.43. The number of unbranched alkanes of at least 4 members (excludes halogenated alkanes) is 12. The summed E-state index contributed by atoms with van der Waals surface area (Å²) >= 11 is 0. The van der Waals surface area contributed by atoms with Crippen LogP contribution in [-0.4, -0.2) is 70.7 Å². The van der Waals surface area contributed by atoms with Crippen molar-refractivity contribution >= 4 is 7.52 Å². The van der Waals surface area contributed by atoms with Crippen molar-refractivity contribution in [3.05, 3.63) is 33.1 Å². The lowest BCUT2D eigenvalue weighted by Crippen LogP contribution is -2.53. The molecule has 1 aromatic rings. The zero-order chi connectivity index (χ0) is 34.5. The summed E-state index contributed by atoms with van der Waals surface area (Å²) in [4.78, 5) is 29.7. The van der Waals surface area contributed by atoms with E-state index in [-0.39, 0.29) is 18.4 Å². The molecule has 10 heteroatoms. The highest BCUT2D eigenvalue weighted by atomic mass is 31.2. The lowest BCUT2D eigenvalue weighted by atomic mass is 9.98. The fraction of sp³-hybridized carbons (Fsp3) is 0.892. The fourth-order valence-corrected chi connectivity index (χ4v) is 9.47. The van der Waals surface area contributed by atoms with Crippen molar-refractivity contribution in [1.82, 2.24) is 19.1 Å². The number of nitrogens with one attached hydrogen (secondary N) is 1. The van der Waals surface area contributed by atoms with E-state index in [4.69, 9.17) is 9.26 Å². The average Bonchev–Trinajstić information content (AvgIpc) is 3.05. The van der Waals surface area contributed by atoms with Gasteiger partial charge in [-0.25, -0.2) is 9.46 Å². The third-order valence-electron chi connectivity index (χ3n) is 9.88. The molecule has 47 heavy (non-hydrogen) atoms. The van der Waals surface area contributed by atoms with Gasteiger partial charge in [0.2, 0.25) is 0 Å². The van der Waals surface area contributed by atoms with Crippen LogP contribution in [0.25, 0.3) is 0 Å². The molecule has 2 rings (SSSR count). The number of ether oxygens (including phenoxy) is 1. The van der Waals surface area contributed by atoms with Gasteiger partial charge in [-0.2, -0.15) is 0 Å². The van der Waals surface area contributed by atoms with E-state index in [1.807, 2.05) is 18.8 Å². The van der Waals surface area contributed by atoms with Crippen molar-refractivity contribution in [2.45, 2.75) is 180 Å². The second-order valence-electron chi connectivity index (χ2n) is 14.1. The molecule has 0 bridgehead atoms. The van der Waals surface area contributed by atoms with E-state index in [1.54, 1.807) is 0 Å². The Morgan fingerprint density at radius 2 is 1.34 bits per heavy atom. The largest absolute Gasteiger partial charge is 0.350 e. The van der Waals surface area contributed by atoms with Gasteiger partial charge in [0.05, 0.1) is 18.4 Å². The van der Waals surface area contributed by atoms with Crippen LogP contribution in [0.2, 0.25) is 0 Å². The number of nitrogens with zero attached hydrogens (tertiary/aromatic N) is 3. The minimum absolute atomic E-state index is 0.00850. The highest BCUT2D eigenvalue weighted by molar-refractivity contribution is 7.57. The van der Waals surface area contributed by atoms with Crippen LogP contribution in [0.3, 0.4) is 0 Å². The number of hydrogen-bond donors (Lipinski definition) is 1. The van der Waals surface area contributed by atoms with Gasteiger partial charge in [0, 0.05) is 31.4 Å². The first-order chi connectivity index (χ1) is 22.7. The van der Waals surface area contributed by atoms with Crippen molar-refractivity contribution in [2.75, 3.05) is 33.8 Å². The monoisotopic (exact) mass is 683 g/mol. The summed E-state index contributed by atoms with van der Waals surface area (Å²) in [7, 11) is 0.635. The van der Waals surface area contributed by atoms with Gasteiger partial charge < -0.3 is 9.26 Å². The number of aromatic amines is 1. The summed E-state index contributed by atoms with van der Waals surface area (Å²) in [6.07, 6.45) is 23.7. The molecule has 1 N–H and O–H groups in total. The van der Waals surface area contributed by atoms with Crippen LogP contribution in [0.1, 0.15) is 162 Å². The van der Waals surface area contributed by atoms with Crippen LogP contribution in [0.15, 0.2) is 21.9 Å². The van der Waals surface area contributed by atoms with Gasteiger partial charge in [-0.3, -0.25) is 23.8 Å². The number of H-pyrrole nitrogens is 1. The van der Waals surface area contributed by atoms with Crippen molar-refractivity contribution in [3.63, 3.8) is 0 Å². The van der Waals surface area contributed by atoms with E-state index < -0.39 is 25.0 Å². The molecule has 274 valence electrons. The Labute approximate surface area is 287 Å². The first kappa shape index (κ1) is 41.9. The third kappa shape index (κ3) is 15.0. The van der Waals surface area contributed by atoms with Gasteiger partial charge in [0.1, 0.15) is 0 Å². The molecule has 0 aliphatic carbocycles. The molecule has 0 spiro atoms. The molecule has 1 fully saturated rings. The van der Waals surface area contributed by atoms with Crippen LogP contribution < -0.4 is 11.2 Å². The highest BCUT2D eigenvalue weighted by Gasteiger charge is 2.39. The van der Waals surface area contributed by atoms with E-state index in [2.05, 4.69) is 37.6 Å². The second-order valence-corrected chi connectivity index (χ2v) is 17.0. The maximum Gasteiger partial charge on any atom is 0.330 e. The van der Waals surface area contributed by atoms with Gasteiger partial charge in [0.25, 0.3) is 13.1 Å². The Morgan fingerprint density at radius 1 is 0.809 bits per heavy atom. The predicted molar refractivity (Wildman–Crippen MR) is 197 cm³/mol. The molecule has 1 saturated heterocycles. The van der Waals surface area contributed by atoms with Gasteiger partial charge in [-0.05, 0) is 39.8 Å². The first-order valence-electron chi connectivity index (χ1n) is 19.3. The summed E-state index contributed by atoms with van der Waals surface area (Å²) in [6.45, 7) is 10.4. The molecule has 9 nitrogen and oxygen atoms in total. The molecule has 0 aromatic carbocycles. The minimum Gasteiger partial charge on any atom is -0.350 e. The van der Waals surface area contributed by atoms with E-state index >= 15 is 0 Å². The maximum atomic E-state index is 14.7. The van der Waals surface area contributed by atoms with Crippen molar-refractivity contribution < 1.29 is 13.8 Å². The number of rotatable bonds is 27. The maximum absolute atomic E-state index is 14.7. The fourth-order valence-electron chi connectivity index (χ4n) is 6.97. The normalized spacial score (nSPS) is 20.0. The molecule has 0 saturated carbocycles. The number of hydrogen-bond acceptors (Lipinski definition) is 6. The first-order valence-corrected chi connectivity index (χ1v) is 21.0. The third-order valence-corrected chi connectivity index (χ3v) is 13.0. The Morgan fingerprint density at radius 3 is 1.89 bits per heavy atom. The molecule has 5 atom stereocenters. The van der Waals surface area contributed by atoms with Crippen molar-refractivity contribution in [2.24, 2.45) is 0 Å². The zero-order valence-electron chi connectivity index (χ0n) is 31.1. The van der Waals surface area contributed by atoms with Crippen LogP contribution in [0.5, 0.6) is 0 Å².